The zero-order chi connectivity index (χ0) is 24.4. The second-order valence-electron chi connectivity index (χ2n) is 8.13. The monoisotopic (exact) mass is 484 g/mol. The Bertz CT molecular complexity index is 1290. The summed E-state index contributed by atoms with van der Waals surface area (Å²) < 4.78 is 28.8. The summed E-state index contributed by atoms with van der Waals surface area (Å²) >= 11 is 0.856. The molecule has 1 N–H and O–H groups in total. The number of amides is 3. The highest BCUT2D eigenvalue weighted by molar-refractivity contribution is 8.18. The Kier molecular flexibility index (Phi) is 6.78. The fraction of sp³-hybridized carbons (Fsp3) is 0.250. The third-order valence-electron chi connectivity index (χ3n) is 5.42. The number of fused-ring (bicyclic) bond motifs is 1. The molecule has 1 aromatic heterocycles. The van der Waals surface area contributed by atoms with Gasteiger partial charge in [-0.3, -0.25) is 19.3 Å². The maximum atomic E-state index is 13.8. The van der Waals surface area contributed by atoms with Gasteiger partial charge >= 0.3 is 0 Å². The molecule has 0 aliphatic carbocycles. The lowest BCUT2D eigenvalue weighted by Crippen LogP contribution is -2.41. The van der Waals surface area contributed by atoms with Gasteiger partial charge in [-0.25, -0.2) is 13.8 Å². The molecule has 0 bridgehead atoms. The smallest absolute Gasteiger partial charge is 0.293 e. The van der Waals surface area contributed by atoms with Crippen molar-refractivity contribution in [3.8, 4) is 0 Å². The number of thioether (sulfide) groups is 1. The minimum absolute atomic E-state index is 0.0118. The molecule has 0 radical (unpaired) electrons. The van der Waals surface area contributed by atoms with Crippen LogP contribution in [0.25, 0.3) is 17.1 Å². The van der Waals surface area contributed by atoms with Gasteiger partial charge in [-0.15, -0.1) is 0 Å². The lowest BCUT2D eigenvalue weighted by molar-refractivity contribution is -0.126. The summed E-state index contributed by atoms with van der Waals surface area (Å²) in [4.78, 5) is 43.5. The normalized spacial score (nSPS) is 16.1. The molecule has 1 fully saturated rings. The highest BCUT2D eigenvalue weighted by Crippen LogP contribution is 2.32. The van der Waals surface area contributed by atoms with E-state index in [0.29, 0.717) is 10.4 Å². The molecule has 1 unspecified atom stereocenters. The van der Waals surface area contributed by atoms with Crippen LogP contribution < -0.4 is 5.32 Å². The van der Waals surface area contributed by atoms with Crippen LogP contribution in [0.2, 0.25) is 0 Å². The van der Waals surface area contributed by atoms with Gasteiger partial charge < -0.3 is 9.88 Å². The molecule has 0 saturated carbocycles. The number of rotatable bonds is 7. The zero-order valence-corrected chi connectivity index (χ0v) is 19.3. The third kappa shape index (κ3) is 4.72. The second kappa shape index (κ2) is 9.76. The third-order valence-corrected chi connectivity index (χ3v) is 6.33. The van der Waals surface area contributed by atoms with Crippen LogP contribution in [0.1, 0.15) is 25.5 Å². The molecule has 176 valence electrons. The van der Waals surface area contributed by atoms with E-state index in [1.807, 2.05) is 44.2 Å². The van der Waals surface area contributed by atoms with Crippen molar-refractivity contribution in [3.05, 3.63) is 70.9 Å². The van der Waals surface area contributed by atoms with Crippen molar-refractivity contribution in [1.29, 1.82) is 0 Å². The van der Waals surface area contributed by atoms with Gasteiger partial charge in [0.1, 0.15) is 6.04 Å². The topological polar surface area (TPSA) is 84.3 Å². The van der Waals surface area contributed by atoms with E-state index >= 15 is 0 Å². The average Bonchev–Trinajstić information content (AvgIpc) is 3.30. The Morgan fingerprint density at radius 2 is 1.85 bits per heavy atom. The lowest BCUT2D eigenvalue weighted by atomic mass is 10.0. The average molecular weight is 485 g/mol. The number of nitrogens with zero attached hydrogens (tertiary/aromatic N) is 3. The van der Waals surface area contributed by atoms with Crippen molar-refractivity contribution in [3.63, 3.8) is 0 Å². The fourth-order valence-electron chi connectivity index (χ4n) is 3.78. The number of benzene rings is 2. The Balaban J connectivity index is 1.43. The molecule has 34 heavy (non-hydrogen) atoms. The predicted molar refractivity (Wildman–Crippen MR) is 126 cm³/mol. The minimum Gasteiger partial charge on any atom is -0.352 e. The van der Waals surface area contributed by atoms with Crippen LogP contribution in [0.5, 0.6) is 0 Å². The number of carbonyl (C=O) groups is 3. The number of halogens is 2. The standard InChI is InChI=1S/C24H22F2N4O3S/c1-14(2)21(30-13-28-18-11-16(25)17(26)12-19(18)30)22(31)27-8-9-29-23(32)20(34-24(29)33)10-15-6-4-3-5-7-15/h3-7,10-14,21H,8-9H2,1-2H3,(H,27,31)/b20-10+. The largest absolute Gasteiger partial charge is 0.352 e. The van der Waals surface area contributed by atoms with Crippen LogP contribution >= 0.6 is 11.8 Å². The van der Waals surface area contributed by atoms with E-state index in [1.54, 1.807) is 6.08 Å². The van der Waals surface area contributed by atoms with Crippen LogP contribution in [0.3, 0.4) is 0 Å². The summed E-state index contributed by atoms with van der Waals surface area (Å²) in [6, 6.07) is 10.5. The van der Waals surface area contributed by atoms with E-state index in [4.69, 9.17) is 0 Å². The van der Waals surface area contributed by atoms with Crippen molar-refractivity contribution in [1.82, 2.24) is 19.8 Å². The van der Waals surface area contributed by atoms with E-state index in [2.05, 4.69) is 10.3 Å². The van der Waals surface area contributed by atoms with Crippen molar-refractivity contribution in [2.24, 2.45) is 5.92 Å². The van der Waals surface area contributed by atoms with Crippen LogP contribution in [0.4, 0.5) is 13.6 Å². The van der Waals surface area contributed by atoms with Crippen LogP contribution in [0.15, 0.2) is 53.7 Å². The van der Waals surface area contributed by atoms with E-state index in [-0.39, 0.29) is 30.4 Å². The maximum Gasteiger partial charge on any atom is 0.293 e. The number of hydrogen-bond donors (Lipinski definition) is 1. The van der Waals surface area contributed by atoms with E-state index in [1.165, 1.54) is 10.9 Å². The van der Waals surface area contributed by atoms with Gasteiger partial charge in [0.2, 0.25) is 5.91 Å². The first kappa shape index (κ1) is 23.6. The van der Waals surface area contributed by atoms with Gasteiger partial charge in [0.25, 0.3) is 11.1 Å². The number of aromatic nitrogens is 2. The molecule has 4 rings (SSSR count). The predicted octanol–water partition coefficient (Wildman–Crippen LogP) is 4.36. The van der Waals surface area contributed by atoms with E-state index in [0.717, 1.165) is 34.4 Å². The number of nitrogens with one attached hydrogen (secondary N) is 1. The molecule has 3 amide bonds. The summed E-state index contributed by atoms with van der Waals surface area (Å²) in [5, 5.41) is 2.34. The molecule has 2 aromatic carbocycles. The van der Waals surface area contributed by atoms with E-state index in [9.17, 15) is 23.2 Å². The maximum absolute atomic E-state index is 13.8. The van der Waals surface area contributed by atoms with Crippen molar-refractivity contribution in [2.75, 3.05) is 13.1 Å². The van der Waals surface area contributed by atoms with Crippen LogP contribution in [-0.4, -0.2) is 44.6 Å². The minimum atomic E-state index is -1.03. The molecule has 10 heteroatoms. The molecule has 1 aliphatic rings. The second-order valence-corrected chi connectivity index (χ2v) is 9.12. The van der Waals surface area contributed by atoms with Gasteiger partial charge in [-0.1, -0.05) is 44.2 Å². The first-order chi connectivity index (χ1) is 16.3. The van der Waals surface area contributed by atoms with Gasteiger partial charge in [0.05, 0.1) is 22.3 Å². The van der Waals surface area contributed by atoms with Crippen molar-refractivity contribution in [2.45, 2.75) is 19.9 Å². The van der Waals surface area contributed by atoms with E-state index < -0.39 is 28.8 Å². The summed E-state index contributed by atoms with van der Waals surface area (Å²) in [6.07, 6.45) is 3.03. The highest BCUT2D eigenvalue weighted by Gasteiger charge is 2.35. The Morgan fingerprint density at radius 3 is 2.56 bits per heavy atom. The quantitative estimate of drug-likeness (QED) is 0.504. The molecule has 1 saturated heterocycles. The first-order valence-corrected chi connectivity index (χ1v) is 11.5. The number of hydrogen-bond acceptors (Lipinski definition) is 5. The van der Waals surface area contributed by atoms with Gasteiger partial charge in [0.15, 0.2) is 11.6 Å². The lowest BCUT2D eigenvalue weighted by Gasteiger charge is -2.23. The fourth-order valence-corrected chi connectivity index (χ4v) is 4.65. The number of imide groups is 1. The van der Waals surface area contributed by atoms with Gasteiger partial charge in [-0.2, -0.15) is 0 Å². The first-order valence-electron chi connectivity index (χ1n) is 10.7. The number of carbonyl (C=O) groups excluding carboxylic acids is 3. The Morgan fingerprint density at radius 1 is 1.15 bits per heavy atom. The van der Waals surface area contributed by atoms with Crippen LogP contribution in [-0.2, 0) is 9.59 Å². The summed E-state index contributed by atoms with van der Waals surface area (Å²) in [6.45, 7) is 3.70. The summed E-state index contributed by atoms with van der Waals surface area (Å²) in [7, 11) is 0. The molecular formula is C24H22F2N4O3S. The zero-order valence-electron chi connectivity index (χ0n) is 18.5. The number of imidazole rings is 1. The van der Waals surface area contributed by atoms with Gasteiger partial charge in [-0.05, 0) is 29.3 Å². The molecule has 1 atom stereocenters. The Hall–Kier alpha value is -3.53. The molecule has 0 spiro atoms. The highest BCUT2D eigenvalue weighted by atomic mass is 32.2. The molecule has 3 aromatic rings. The van der Waals surface area contributed by atoms with Crippen LogP contribution in [0, 0.1) is 17.6 Å². The SMILES string of the molecule is CC(C)C(C(=O)NCCN1C(=O)S/C(=C/c2ccccc2)C1=O)n1cnc2cc(F)c(F)cc21. The molecular weight excluding hydrogens is 462 g/mol. The molecule has 1 aliphatic heterocycles. The van der Waals surface area contributed by atoms with Crippen molar-refractivity contribution >= 4 is 45.9 Å². The molecule has 7 nitrogen and oxygen atoms in total. The summed E-state index contributed by atoms with van der Waals surface area (Å²) in [5.74, 6) is -3.03. The molecule has 2 heterocycles. The van der Waals surface area contributed by atoms with Gasteiger partial charge in [0, 0.05) is 25.2 Å². The summed E-state index contributed by atoms with van der Waals surface area (Å²) in [5.41, 5.74) is 1.34. The Labute approximate surface area is 198 Å². The van der Waals surface area contributed by atoms with Crippen molar-refractivity contribution < 1.29 is 23.2 Å².